The van der Waals surface area contributed by atoms with Gasteiger partial charge in [-0.05, 0) is 24.3 Å². The molecule has 0 spiro atoms. The summed E-state index contributed by atoms with van der Waals surface area (Å²) in [5.41, 5.74) is 8.41. The van der Waals surface area contributed by atoms with Crippen LogP contribution in [-0.2, 0) is 4.79 Å². The number of amides is 1. The summed E-state index contributed by atoms with van der Waals surface area (Å²) >= 11 is 1.74. The van der Waals surface area contributed by atoms with E-state index in [1.165, 1.54) is 5.01 Å². The molecular weight excluding hydrogens is 330 g/mol. The second-order valence-electron chi connectivity index (χ2n) is 7.17. The van der Waals surface area contributed by atoms with Crippen LogP contribution in [-0.4, -0.2) is 28.9 Å². The van der Waals surface area contributed by atoms with E-state index in [4.69, 9.17) is 10.7 Å². The lowest BCUT2D eigenvalue weighted by Gasteiger charge is -2.32. The van der Waals surface area contributed by atoms with Gasteiger partial charge in [0.2, 0.25) is 5.91 Å². The van der Waals surface area contributed by atoms with Gasteiger partial charge < -0.3 is 10.6 Å². The van der Waals surface area contributed by atoms with Crippen LogP contribution in [0, 0.1) is 0 Å². The van der Waals surface area contributed by atoms with Crippen molar-refractivity contribution in [3.63, 3.8) is 0 Å². The molecule has 1 aliphatic rings. The molecule has 1 aliphatic heterocycles. The zero-order valence-electron chi connectivity index (χ0n) is 15.0. The Kier molecular flexibility index (Phi) is 5.86. The maximum absolute atomic E-state index is 12.7. The summed E-state index contributed by atoms with van der Waals surface area (Å²) in [5.74, 6) is 0.972. The van der Waals surface area contributed by atoms with Crippen LogP contribution < -0.4 is 5.73 Å². The fourth-order valence-electron chi connectivity index (χ4n) is 3.29. The molecule has 0 radical (unpaired) electrons. The molecule has 4 nitrogen and oxygen atoms in total. The first-order valence-electron chi connectivity index (χ1n) is 9.08. The second-order valence-corrected chi connectivity index (χ2v) is 8.06. The van der Waals surface area contributed by atoms with E-state index < -0.39 is 0 Å². The van der Waals surface area contributed by atoms with Crippen LogP contribution in [0.1, 0.15) is 67.3 Å². The Morgan fingerprint density at radius 1 is 1.36 bits per heavy atom. The third-order valence-electron chi connectivity index (χ3n) is 4.88. The predicted octanol–water partition coefficient (Wildman–Crippen LogP) is 4.06. The lowest BCUT2D eigenvalue weighted by atomic mass is 9.97. The van der Waals surface area contributed by atoms with Crippen molar-refractivity contribution >= 4 is 17.2 Å². The molecule has 0 saturated carbocycles. The van der Waals surface area contributed by atoms with Crippen molar-refractivity contribution in [2.24, 2.45) is 5.73 Å². The maximum Gasteiger partial charge on any atom is 0.224 e. The molecule has 1 aromatic heterocycles. The smallest absolute Gasteiger partial charge is 0.224 e. The highest BCUT2D eigenvalue weighted by Gasteiger charge is 2.27. The topological polar surface area (TPSA) is 59.2 Å². The predicted molar refractivity (Wildman–Crippen MR) is 103 cm³/mol. The Morgan fingerprint density at radius 3 is 2.80 bits per heavy atom. The molecule has 25 heavy (non-hydrogen) atoms. The minimum absolute atomic E-state index is 0.154. The number of nitrogens with two attached hydrogens (primary N) is 1. The van der Waals surface area contributed by atoms with Gasteiger partial charge in [0.05, 0.1) is 10.7 Å². The summed E-state index contributed by atoms with van der Waals surface area (Å²) in [6.45, 7) is 5.94. The lowest BCUT2D eigenvalue weighted by molar-refractivity contribution is -0.132. The molecule has 2 N–H and O–H groups in total. The van der Waals surface area contributed by atoms with Gasteiger partial charge in [0.1, 0.15) is 0 Å². The third-order valence-corrected chi connectivity index (χ3v) is 5.90. The van der Waals surface area contributed by atoms with Crippen molar-refractivity contribution in [2.45, 2.75) is 51.0 Å². The zero-order chi connectivity index (χ0) is 17.8. The SMILES string of the molecule is CC(C)c1csc(C2CCCN(C(=O)CC(N)c3ccccc3)C2)n1. The number of likely N-dealkylation sites (tertiary alicyclic amines) is 1. The molecule has 5 heteroatoms. The van der Waals surface area contributed by atoms with Crippen molar-refractivity contribution < 1.29 is 4.79 Å². The molecule has 2 atom stereocenters. The maximum atomic E-state index is 12.7. The average Bonchev–Trinajstić information content (AvgIpc) is 3.13. The number of carbonyl (C=O) groups excluding carboxylic acids is 1. The molecule has 0 bridgehead atoms. The molecule has 2 heterocycles. The van der Waals surface area contributed by atoms with Gasteiger partial charge in [0, 0.05) is 36.9 Å². The average molecular weight is 358 g/mol. The number of nitrogens with zero attached hydrogens (tertiary/aromatic N) is 2. The Balaban J connectivity index is 1.61. The third kappa shape index (κ3) is 4.47. The van der Waals surface area contributed by atoms with Crippen molar-refractivity contribution in [3.05, 3.63) is 52.0 Å². The summed E-state index contributed by atoms with van der Waals surface area (Å²) in [7, 11) is 0. The van der Waals surface area contributed by atoms with Crippen LogP contribution in [0.15, 0.2) is 35.7 Å². The van der Waals surface area contributed by atoms with E-state index in [0.29, 0.717) is 18.3 Å². The quantitative estimate of drug-likeness (QED) is 0.878. The van der Waals surface area contributed by atoms with Crippen LogP contribution >= 0.6 is 11.3 Å². The minimum atomic E-state index is -0.235. The highest BCUT2D eigenvalue weighted by Crippen LogP contribution is 2.31. The van der Waals surface area contributed by atoms with Gasteiger partial charge in [-0.3, -0.25) is 4.79 Å². The van der Waals surface area contributed by atoms with Crippen molar-refractivity contribution in [2.75, 3.05) is 13.1 Å². The summed E-state index contributed by atoms with van der Waals surface area (Å²) in [4.78, 5) is 19.5. The standard InChI is InChI=1S/C20H27N3OS/c1-14(2)18-13-25-20(22-18)16-9-6-10-23(12-16)19(24)11-17(21)15-7-4-3-5-8-15/h3-5,7-8,13-14,16-17H,6,9-12,21H2,1-2H3. The van der Waals surface area contributed by atoms with Crippen LogP contribution in [0.2, 0.25) is 0 Å². The summed E-state index contributed by atoms with van der Waals surface area (Å²) in [6, 6.07) is 9.63. The van der Waals surface area contributed by atoms with E-state index in [1.807, 2.05) is 35.2 Å². The molecule has 1 aromatic carbocycles. The molecule has 1 saturated heterocycles. The van der Waals surface area contributed by atoms with E-state index in [0.717, 1.165) is 37.2 Å². The van der Waals surface area contributed by atoms with Gasteiger partial charge >= 0.3 is 0 Å². The normalized spacial score (nSPS) is 19.2. The second kappa shape index (κ2) is 8.11. The first-order valence-corrected chi connectivity index (χ1v) is 9.96. The van der Waals surface area contributed by atoms with E-state index in [2.05, 4.69) is 19.2 Å². The molecule has 2 unspecified atom stereocenters. The highest BCUT2D eigenvalue weighted by molar-refractivity contribution is 7.09. The largest absolute Gasteiger partial charge is 0.342 e. The Bertz CT molecular complexity index is 698. The van der Waals surface area contributed by atoms with Gasteiger partial charge in [0.15, 0.2) is 0 Å². The van der Waals surface area contributed by atoms with E-state index in [-0.39, 0.29) is 11.9 Å². The number of carbonyl (C=O) groups is 1. The van der Waals surface area contributed by atoms with Crippen molar-refractivity contribution in [1.82, 2.24) is 9.88 Å². The molecular formula is C20H27N3OS. The number of piperidine rings is 1. The number of hydrogen-bond donors (Lipinski definition) is 1. The molecule has 1 amide bonds. The zero-order valence-corrected chi connectivity index (χ0v) is 15.8. The van der Waals surface area contributed by atoms with Crippen LogP contribution in [0.25, 0.3) is 0 Å². The number of hydrogen-bond acceptors (Lipinski definition) is 4. The van der Waals surface area contributed by atoms with Gasteiger partial charge in [-0.15, -0.1) is 11.3 Å². The summed E-state index contributed by atoms with van der Waals surface area (Å²) in [6.07, 6.45) is 2.51. The van der Waals surface area contributed by atoms with Gasteiger partial charge in [-0.2, -0.15) is 0 Å². The highest BCUT2D eigenvalue weighted by atomic mass is 32.1. The molecule has 0 aliphatic carbocycles. The number of thiazole rings is 1. The summed E-state index contributed by atoms with van der Waals surface area (Å²) < 4.78 is 0. The van der Waals surface area contributed by atoms with E-state index in [9.17, 15) is 4.79 Å². The Morgan fingerprint density at radius 2 is 2.12 bits per heavy atom. The van der Waals surface area contributed by atoms with Crippen LogP contribution in [0.5, 0.6) is 0 Å². The van der Waals surface area contributed by atoms with E-state index in [1.54, 1.807) is 11.3 Å². The first-order chi connectivity index (χ1) is 12.0. The molecule has 3 rings (SSSR count). The lowest BCUT2D eigenvalue weighted by Crippen LogP contribution is -2.40. The molecule has 134 valence electrons. The van der Waals surface area contributed by atoms with Gasteiger partial charge in [-0.1, -0.05) is 44.2 Å². The van der Waals surface area contributed by atoms with Gasteiger partial charge in [-0.25, -0.2) is 4.98 Å². The van der Waals surface area contributed by atoms with Gasteiger partial charge in [0.25, 0.3) is 0 Å². The fraction of sp³-hybridized carbons (Fsp3) is 0.500. The molecule has 2 aromatic rings. The summed E-state index contributed by atoms with van der Waals surface area (Å²) in [5, 5.41) is 3.33. The van der Waals surface area contributed by atoms with E-state index >= 15 is 0 Å². The van der Waals surface area contributed by atoms with Crippen LogP contribution in [0.3, 0.4) is 0 Å². The Hall–Kier alpha value is -1.72. The number of rotatable bonds is 5. The number of benzene rings is 1. The minimum Gasteiger partial charge on any atom is -0.342 e. The number of aromatic nitrogens is 1. The van der Waals surface area contributed by atoms with Crippen LogP contribution in [0.4, 0.5) is 0 Å². The van der Waals surface area contributed by atoms with Crippen molar-refractivity contribution in [3.8, 4) is 0 Å². The fourth-order valence-corrected chi connectivity index (χ4v) is 4.40. The monoisotopic (exact) mass is 357 g/mol. The first kappa shape index (κ1) is 18.1. The molecule has 1 fully saturated rings. The Labute approximate surface area is 154 Å². The van der Waals surface area contributed by atoms with Crippen molar-refractivity contribution in [1.29, 1.82) is 0 Å².